The number of carbonyl (C=O) groups is 1. The summed E-state index contributed by atoms with van der Waals surface area (Å²) in [6.07, 6.45) is 3.06. The van der Waals surface area contributed by atoms with Gasteiger partial charge in [-0.25, -0.2) is 0 Å². The van der Waals surface area contributed by atoms with Gasteiger partial charge in [-0.3, -0.25) is 9.69 Å². The van der Waals surface area contributed by atoms with Crippen LogP contribution >= 0.6 is 0 Å². The van der Waals surface area contributed by atoms with Crippen molar-refractivity contribution in [3.05, 3.63) is 11.7 Å². The van der Waals surface area contributed by atoms with Crippen LogP contribution < -0.4 is 5.32 Å². The SMILES string of the molecule is CC(C)c1nc(C2CCCN2CC(=O)NCC2CCOC2)no1. The highest BCUT2D eigenvalue weighted by Crippen LogP contribution is 2.30. The Morgan fingerprint density at radius 2 is 2.30 bits per heavy atom. The summed E-state index contributed by atoms with van der Waals surface area (Å²) in [5.74, 6) is 2.12. The van der Waals surface area contributed by atoms with Gasteiger partial charge in [-0.2, -0.15) is 4.98 Å². The van der Waals surface area contributed by atoms with Gasteiger partial charge in [-0.1, -0.05) is 19.0 Å². The van der Waals surface area contributed by atoms with E-state index in [1.165, 1.54) is 0 Å². The van der Waals surface area contributed by atoms with Gasteiger partial charge in [0.05, 0.1) is 19.2 Å². The molecule has 3 heterocycles. The molecule has 1 aromatic rings. The molecule has 0 aromatic carbocycles. The minimum atomic E-state index is 0.0661. The lowest BCUT2D eigenvalue weighted by Crippen LogP contribution is -2.39. The molecule has 2 fully saturated rings. The summed E-state index contributed by atoms with van der Waals surface area (Å²) in [4.78, 5) is 18.8. The van der Waals surface area contributed by atoms with E-state index in [0.29, 0.717) is 30.7 Å². The Kier molecular flexibility index (Phi) is 5.27. The molecule has 1 amide bonds. The van der Waals surface area contributed by atoms with Crippen molar-refractivity contribution in [3.63, 3.8) is 0 Å². The van der Waals surface area contributed by atoms with Crippen LogP contribution in [0.25, 0.3) is 0 Å². The number of nitrogens with zero attached hydrogens (tertiary/aromatic N) is 3. The smallest absolute Gasteiger partial charge is 0.234 e. The third-order valence-electron chi connectivity index (χ3n) is 4.57. The van der Waals surface area contributed by atoms with Crippen LogP contribution in [-0.2, 0) is 9.53 Å². The Labute approximate surface area is 136 Å². The van der Waals surface area contributed by atoms with Crippen LogP contribution in [0.3, 0.4) is 0 Å². The van der Waals surface area contributed by atoms with E-state index in [1.807, 2.05) is 13.8 Å². The molecular formula is C16H26N4O3. The average molecular weight is 322 g/mol. The van der Waals surface area contributed by atoms with Crippen molar-refractivity contribution >= 4 is 5.91 Å². The van der Waals surface area contributed by atoms with Crippen molar-refractivity contribution in [1.82, 2.24) is 20.4 Å². The fraction of sp³-hybridized carbons (Fsp3) is 0.812. The Balaban J connectivity index is 1.52. The molecular weight excluding hydrogens is 296 g/mol. The van der Waals surface area contributed by atoms with Gasteiger partial charge in [0.15, 0.2) is 5.82 Å². The second kappa shape index (κ2) is 7.40. The highest BCUT2D eigenvalue weighted by atomic mass is 16.5. The zero-order chi connectivity index (χ0) is 16.2. The maximum atomic E-state index is 12.2. The summed E-state index contributed by atoms with van der Waals surface area (Å²) in [6, 6.07) is 0.0896. The third kappa shape index (κ3) is 4.09. The van der Waals surface area contributed by atoms with Gasteiger partial charge in [0.25, 0.3) is 0 Å². The van der Waals surface area contributed by atoms with Crippen LogP contribution in [0.5, 0.6) is 0 Å². The minimum Gasteiger partial charge on any atom is -0.381 e. The van der Waals surface area contributed by atoms with Crippen molar-refractivity contribution in [3.8, 4) is 0 Å². The van der Waals surface area contributed by atoms with Gasteiger partial charge in [0.2, 0.25) is 11.8 Å². The number of nitrogens with one attached hydrogen (secondary N) is 1. The molecule has 7 heteroatoms. The second-order valence-corrected chi connectivity index (χ2v) is 6.81. The minimum absolute atomic E-state index is 0.0661. The monoisotopic (exact) mass is 322 g/mol. The molecule has 0 radical (unpaired) electrons. The van der Waals surface area contributed by atoms with E-state index in [-0.39, 0.29) is 17.9 Å². The van der Waals surface area contributed by atoms with Crippen LogP contribution in [-0.4, -0.2) is 53.8 Å². The largest absolute Gasteiger partial charge is 0.381 e. The van der Waals surface area contributed by atoms with E-state index in [9.17, 15) is 4.79 Å². The molecule has 3 rings (SSSR count). The number of carbonyl (C=O) groups excluding carboxylic acids is 1. The van der Waals surface area contributed by atoms with Crippen LogP contribution in [0.2, 0.25) is 0 Å². The lowest BCUT2D eigenvalue weighted by molar-refractivity contribution is -0.122. The van der Waals surface area contributed by atoms with Crippen molar-refractivity contribution in [2.45, 2.75) is 45.1 Å². The Morgan fingerprint density at radius 3 is 3.00 bits per heavy atom. The Morgan fingerprint density at radius 1 is 1.43 bits per heavy atom. The van der Waals surface area contributed by atoms with Crippen LogP contribution in [0.15, 0.2) is 4.52 Å². The first-order chi connectivity index (χ1) is 11.1. The molecule has 0 spiro atoms. The zero-order valence-corrected chi connectivity index (χ0v) is 14.0. The molecule has 0 saturated carbocycles. The number of hydrogen-bond acceptors (Lipinski definition) is 6. The number of ether oxygens (including phenoxy) is 1. The first-order valence-electron chi connectivity index (χ1n) is 8.55. The summed E-state index contributed by atoms with van der Waals surface area (Å²) in [5.41, 5.74) is 0. The standard InChI is InChI=1S/C16H26N4O3/c1-11(2)16-18-15(19-23-16)13-4-3-6-20(13)9-14(21)17-8-12-5-7-22-10-12/h11-13H,3-10H2,1-2H3,(H,17,21). The Hall–Kier alpha value is -1.47. The maximum absolute atomic E-state index is 12.2. The fourth-order valence-corrected chi connectivity index (χ4v) is 3.17. The summed E-state index contributed by atoms with van der Waals surface area (Å²) in [6.45, 7) is 7.63. The molecule has 1 aromatic heterocycles. The van der Waals surface area contributed by atoms with E-state index in [2.05, 4.69) is 20.4 Å². The predicted octanol–water partition coefficient (Wildman–Crippen LogP) is 1.48. The van der Waals surface area contributed by atoms with Crippen molar-refractivity contribution < 1.29 is 14.1 Å². The van der Waals surface area contributed by atoms with E-state index >= 15 is 0 Å². The van der Waals surface area contributed by atoms with Crippen LogP contribution in [0.1, 0.15) is 56.8 Å². The highest BCUT2D eigenvalue weighted by molar-refractivity contribution is 5.78. The molecule has 128 valence electrons. The molecule has 0 aliphatic carbocycles. The number of rotatable bonds is 6. The number of likely N-dealkylation sites (tertiary alicyclic amines) is 1. The van der Waals surface area contributed by atoms with Gasteiger partial charge < -0.3 is 14.6 Å². The molecule has 2 atom stereocenters. The van der Waals surface area contributed by atoms with E-state index in [1.54, 1.807) is 0 Å². The quantitative estimate of drug-likeness (QED) is 0.854. The normalized spacial score (nSPS) is 25.3. The van der Waals surface area contributed by atoms with Gasteiger partial charge in [0.1, 0.15) is 0 Å². The lowest BCUT2D eigenvalue weighted by atomic mass is 10.1. The Bertz CT molecular complexity index is 525. The summed E-state index contributed by atoms with van der Waals surface area (Å²) >= 11 is 0. The first kappa shape index (κ1) is 16.4. The number of hydrogen-bond donors (Lipinski definition) is 1. The summed E-state index contributed by atoms with van der Waals surface area (Å²) < 4.78 is 10.6. The maximum Gasteiger partial charge on any atom is 0.234 e. The van der Waals surface area contributed by atoms with Crippen LogP contribution in [0.4, 0.5) is 0 Å². The number of amides is 1. The predicted molar refractivity (Wildman–Crippen MR) is 83.9 cm³/mol. The fourth-order valence-electron chi connectivity index (χ4n) is 3.17. The third-order valence-corrected chi connectivity index (χ3v) is 4.57. The first-order valence-corrected chi connectivity index (χ1v) is 8.55. The highest BCUT2D eigenvalue weighted by Gasteiger charge is 2.31. The van der Waals surface area contributed by atoms with Gasteiger partial charge in [-0.15, -0.1) is 0 Å². The van der Waals surface area contributed by atoms with E-state index in [0.717, 1.165) is 39.0 Å². The van der Waals surface area contributed by atoms with Crippen molar-refractivity contribution in [2.75, 3.05) is 32.8 Å². The van der Waals surface area contributed by atoms with Gasteiger partial charge >= 0.3 is 0 Å². The summed E-state index contributed by atoms with van der Waals surface area (Å²) in [7, 11) is 0. The summed E-state index contributed by atoms with van der Waals surface area (Å²) in [5, 5.41) is 7.13. The van der Waals surface area contributed by atoms with Crippen molar-refractivity contribution in [2.24, 2.45) is 5.92 Å². The van der Waals surface area contributed by atoms with Crippen LogP contribution in [0, 0.1) is 5.92 Å². The molecule has 2 unspecified atom stereocenters. The van der Waals surface area contributed by atoms with Crippen molar-refractivity contribution in [1.29, 1.82) is 0 Å². The van der Waals surface area contributed by atoms with Gasteiger partial charge in [-0.05, 0) is 25.8 Å². The lowest BCUT2D eigenvalue weighted by Gasteiger charge is -2.21. The number of aromatic nitrogens is 2. The molecule has 23 heavy (non-hydrogen) atoms. The van der Waals surface area contributed by atoms with E-state index in [4.69, 9.17) is 9.26 Å². The zero-order valence-electron chi connectivity index (χ0n) is 14.0. The molecule has 2 aliphatic rings. The molecule has 0 bridgehead atoms. The topological polar surface area (TPSA) is 80.5 Å². The molecule has 2 aliphatic heterocycles. The van der Waals surface area contributed by atoms with E-state index < -0.39 is 0 Å². The molecule has 7 nitrogen and oxygen atoms in total. The second-order valence-electron chi connectivity index (χ2n) is 6.81. The molecule has 1 N–H and O–H groups in total. The van der Waals surface area contributed by atoms with Gasteiger partial charge in [0, 0.05) is 25.0 Å². The molecule has 2 saturated heterocycles. The average Bonchev–Trinajstić information content (AvgIpc) is 3.26.